The van der Waals surface area contributed by atoms with Crippen LogP contribution in [0.4, 0.5) is 0 Å². The minimum absolute atomic E-state index is 0.0989. The van der Waals surface area contributed by atoms with Crippen LogP contribution in [0.2, 0.25) is 0 Å². The summed E-state index contributed by atoms with van der Waals surface area (Å²) in [6, 6.07) is 15.9. The van der Waals surface area contributed by atoms with Crippen LogP contribution in [-0.4, -0.2) is 12.2 Å². The van der Waals surface area contributed by atoms with Gasteiger partial charge in [-0.3, -0.25) is 0 Å². The van der Waals surface area contributed by atoms with Gasteiger partial charge in [0, 0.05) is 18.1 Å². The quantitative estimate of drug-likeness (QED) is 0.770. The molecule has 2 heterocycles. The Bertz CT molecular complexity index is 693. The maximum Gasteiger partial charge on any atom is 0.128 e. The van der Waals surface area contributed by atoms with E-state index in [1.54, 1.807) is 0 Å². The zero-order valence-electron chi connectivity index (χ0n) is 13.6. The second-order valence-corrected chi connectivity index (χ2v) is 6.86. The van der Waals surface area contributed by atoms with E-state index in [-0.39, 0.29) is 11.7 Å². The molecule has 120 valence electrons. The van der Waals surface area contributed by atoms with Crippen LogP contribution in [0.15, 0.2) is 48.5 Å². The third kappa shape index (κ3) is 2.70. The summed E-state index contributed by atoms with van der Waals surface area (Å²) in [7, 11) is 0. The van der Waals surface area contributed by atoms with Crippen LogP contribution >= 0.6 is 0 Å². The van der Waals surface area contributed by atoms with Crippen molar-refractivity contribution in [2.45, 2.75) is 38.4 Å². The van der Waals surface area contributed by atoms with E-state index in [9.17, 15) is 0 Å². The number of fused-ring (bicyclic) bond motifs is 3. The Morgan fingerprint density at radius 2 is 1.87 bits per heavy atom. The summed E-state index contributed by atoms with van der Waals surface area (Å²) >= 11 is 0. The number of para-hydroxylation sites is 1. The molecule has 2 aromatic carbocycles. The van der Waals surface area contributed by atoms with Crippen molar-refractivity contribution in [1.82, 2.24) is 0 Å². The molecule has 0 aliphatic carbocycles. The summed E-state index contributed by atoms with van der Waals surface area (Å²) in [5.41, 5.74) is 0.919. The lowest BCUT2D eigenvalue weighted by molar-refractivity contribution is -0.116. The summed E-state index contributed by atoms with van der Waals surface area (Å²) in [6.45, 7) is 5.15. The molecular weight excluding hydrogens is 288 g/mol. The fraction of sp³-hybridized carbons (Fsp3) is 0.400. The highest BCUT2D eigenvalue weighted by Crippen LogP contribution is 2.50. The average Bonchev–Trinajstić information content (AvgIpc) is 2.56. The smallest absolute Gasteiger partial charge is 0.128 e. The molecule has 0 aromatic heterocycles. The second kappa shape index (κ2) is 5.57. The summed E-state index contributed by atoms with van der Waals surface area (Å²) in [5, 5.41) is 0. The Morgan fingerprint density at radius 1 is 1.04 bits per heavy atom. The lowest BCUT2D eigenvalue weighted by Crippen LogP contribution is -2.47. The zero-order valence-corrected chi connectivity index (χ0v) is 13.6. The van der Waals surface area contributed by atoms with E-state index in [4.69, 9.17) is 14.2 Å². The van der Waals surface area contributed by atoms with E-state index in [1.807, 2.05) is 42.5 Å². The van der Waals surface area contributed by atoms with Crippen molar-refractivity contribution in [1.29, 1.82) is 0 Å². The van der Waals surface area contributed by atoms with Gasteiger partial charge in [-0.25, -0.2) is 0 Å². The van der Waals surface area contributed by atoms with E-state index in [2.05, 4.69) is 19.9 Å². The molecule has 2 aliphatic heterocycles. The van der Waals surface area contributed by atoms with Gasteiger partial charge in [-0.15, -0.1) is 0 Å². The summed E-state index contributed by atoms with van der Waals surface area (Å²) in [6.07, 6.45) is 2.34. The molecule has 0 radical (unpaired) electrons. The van der Waals surface area contributed by atoms with Gasteiger partial charge in [0.25, 0.3) is 0 Å². The Balaban J connectivity index is 1.68. The monoisotopic (exact) mass is 310 g/mol. The van der Waals surface area contributed by atoms with Crippen molar-refractivity contribution in [3.63, 3.8) is 0 Å². The van der Waals surface area contributed by atoms with Gasteiger partial charge in [-0.2, -0.15) is 0 Å². The Labute approximate surface area is 137 Å². The molecule has 2 atom stereocenters. The van der Waals surface area contributed by atoms with Crippen LogP contribution in [-0.2, 0) is 4.74 Å². The lowest BCUT2D eigenvalue weighted by Gasteiger charge is -2.47. The highest BCUT2D eigenvalue weighted by atomic mass is 16.5. The van der Waals surface area contributed by atoms with E-state index < -0.39 is 0 Å². The topological polar surface area (TPSA) is 27.7 Å². The van der Waals surface area contributed by atoms with Crippen LogP contribution in [0.25, 0.3) is 0 Å². The first-order chi connectivity index (χ1) is 11.1. The minimum Gasteiger partial charge on any atom is -0.487 e. The fourth-order valence-electron chi connectivity index (χ4n) is 3.69. The highest BCUT2D eigenvalue weighted by Gasteiger charge is 2.45. The van der Waals surface area contributed by atoms with Gasteiger partial charge in [0.1, 0.15) is 22.8 Å². The van der Waals surface area contributed by atoms with Crippen molar-refractivity contribution in [2.75, 3.05) is 6.61 Å². The second-order valence-electron chi connectivity index (χ2n) is 6.86. The first-order valence-corrected chi connectivity index (χ1v) is 8.31. The largest absolute Gasteiger partial charge is 0.487 e. The van der Waals surface area contributed by atoms with E-state index >= 15 is 0 Å². The molecule has 0 unspecified atom stereocenters. The number of hydrogen-bond donors (Lipinski definition) is 0. The minimum atomic E-state index is -0.195. The molecule has 0 spiro atoms. The van der Waals surface area contributed by atoms with Gasteiger partial charge in [0.05, 0.1) is 6.10 Å². The van der Waals surface area contributed by atoms with Gasteiger partial charge in [0.2, 0.25) is 0 Å². The third-order valence-electron chi connectivity index (χ3n) is 4.85. The molecule has 3 heteroatoms. The molecule has 0 saturated carbocycles. The lowest BCUT2D eigenvalue weighted by atomic mass is 9.76. The first-order valence-electron chi connectivity index (χ1n) is 8.31. The van der Waals surface area contributed by atoms with Crippen LogP contribution < -0.4 is 9.47 Å². The van der Waals surface area contributed by atoms with Crippen molar-refractivity contribution >= 4 is 0 Å². The Kier molecular flexibility index (Phi) is 3.53. The third-order valence-corrected chi connectivity index (χ3v) is 4.85. The van der Waals surface area contributed by atoms with E-state index in [0.29, 0.717) is 5.92 Å². The van der Waals surface area contributed by atoms with Crippen molar-refractivity contribution in [3.05, 3.63) is 54.1 Å². The van der Waals surface area contributed by atoms with Crippen molar-refractivity contribution in [3.8, 4) is 17.2 Å². The van der Waals surface area contributed by atoms with Gasteiger partial charge in [-0.1, -0.05) is 18.2 Å². The Hall–Kier alpha value is -2.00. The fourth-order valence-corrected chi connectivity index (χ4v) is 3.69. The van der Waals surface area contributed by atoms with E-state index in [1.165, 1.54) is 0 Å². The van der Waals surface area contributed by atoms with E-state index in [0.717, 1.165) is 42.3 Å². The summed E-state index contributed by atoms with van der Waals surface area (Å²) in [4.78, 5) is 0. The molecule has 23 heavy (non-hydrogen) atoms. The normalized spacial score (nSPS) is 25.0. The van der Waals surface area contributed by atoms with Crippen LogP contribution in [0.3, 0.4) is 0 Å². The van der Waals surface area contributed by atoms with Crippen molar-refractivity contribution < 1.29 is 14.2 Å². The molecule has 2 aromatic rings. The van der Waals surface area contributed by atoms with Crippen LogP contribution in [0, 0.1) is 5.92 Å². The molecule has 2 aliphatic rings. The number of ether oxygens (including phenoxy) is 3. The molecule has 4 rings (SSSR count). The van der Waals surface area contributed by atoms with Gasteiger partial charge in [-0.05, 0) is 57.0 Å². The molecule has 1 saturated heterocycles. The molecule has 0 amide bonds. The van der Waals surface area contributed by atoms with Crippen molar-refractivity contribution in [2.24, 2.45) is 5.92 Å². The van der Waals surface area contributed by atoms with Gasteiger partial charge < -0.3 is 14.2 Å². The predicted octanol–water partition coefficient (Wildman–Crippen LogP) is 5.12. The standard InChI is InChI=1S/C20H22O3/c1-20(2)17-9-6-12-21-19(17)16-13-15(10-11-18(16)23-20)22-14-7-4-3-5-8-14/h3-5,7-8,10-11,13,17,19H,6,9,12H2,1-2H3/t17-,19+/m1/s1. The number of benzene rings is 2. The maximum atomic E-state index is 6.26. The zero-order chi connectivity index (χ0) is 15.9. The summed E-state index contributed by atoms with van der Waals surface area (Å²) in [5.74, 6) is 2.96. The molecular formula is C20H22O3. The number of rotatable bonds is 2. The van der Waals surface area contributed by atoms with Gasteiger partial charge in [0.15, 0.2) is 0 Å². The molecule has 3 nitrogen and oxygen atoms in total. The van der Waals surface area contributed by atoms with Crippen LogP contribution in [0.5, 0.6) is 17.2 Å². The first kappa shape index (κ1) is 14.6. The molecule has 0 N–H and O–H groups in total. The SMILES string of the molecule is CC1(C)Oc2ccc(Oc3ccccc3)cc2[C@@H]2OCCC[C@H]21. The predicted molar refractivity (Wildman–Crippen MR) is 89.1 cm³/mol. The number of hydrogen-bond acceptors (Lipinski definition) is 3. The molecule has 0 bridgehead atoms. The highest BCUT2D eigenvalue weighted by molar-refractivity contribution is 5.45. The molecule has 1 fully saturated rings. The Morgan fingerprint density at radius 3 is 2.70 bits per heavy atom. The maximum absolute atomic E-state index is 6.26. The summed E-state index contributed by atoms with van der Waals surface area (Å²) < 4.78 is 18.3. The van der Waals surface area contributed by atoms with Crippen LogP contribution in [0.1, 0.15) is 38.4 Å². The average molecular weight is 310 g/mol. The van der Waals surface area contributed by atoms with Gasteiger partial charge >= 0.3 is 0 Å².